The summed E-state index contributed by atoms with van der Waals surface area (Å²) in [5, 5.41) is 9.69. The average molecular weight is 288 g/mol. The lowest BCUT2D eigenvalue weighted by Crippen LogP contribution is -2.57. The molecule has 3 rings (SSSR count). The van der Waals surface area contributed by atoms with Gasteiger partial charge in [0.05, 0.1) is 5.54 Å². The molecular formula is C17H24N2O2. The zero-order valence-electron chi connectivity index (χ0n) is 12.8. The van der Waals surface area contributed by atoms with E-state index in [4.69, 9.17) is 0 Å². The zero-order chi connectivity index (χ0) is 15.2. The lowest BCUT2D eigenvalue weighted by atomic mass is 9.55. The van der Waals surface area contributed by atoms with E-state index < -0.39 is 0 Å². The molecular weight excluding hydrogens is 264 g/mol. The van der Waals surface area contributed by atoms with Crippen LogP contribution in [-0.4, -0.2) is 35.7 Å². The first-order chi connectivity index (χ1) is 10.0. The van der Waals surface area contributed by atoms with Gasteiger partial charge in [-0.1, -0.05) is 6.08 Å². The topological polar surface area (TPSA) is 56.3 Å². The van der Waals surface area contributed by atoms with Crippen molar-refractivity contribution in [3.63, 3.8) is 0 Å². The van der Waals surface area contributed by atoms with E-state index in [2.05, 4.69) is 36.6 Å². The van der Waals surface area contributed by atoms with E-state index in [0.717, 1.165) is 25.0 Å². The van der Waals surface area contributed by atoms with Crippen LogP contribution >= 0.6 is 0 Å². The van der Waals surface area contributed by atoms with Crippen LogP contribution in [-0.2, 0) is 12.0 Å². The van der Waals surface area contributed by atoms with Crippen LogP contribution in [0.3, 0.4) is 0 Å². The molecule has 0 aliphatic heterocycles. The predicted molar refractivity (Wildman–Crippen MR) is 83.1 cm³/mol. The molecule has 1 aromatic heterocycles. The van der Waals surface area contributed by atoms with Gasteiger partial charge in [0, 0.05) is 24.3 Å². The van der Waals surface area contributed by atoms with Crippen molar-refractivity contribution in [3.8, 4) is 0 Å². The quantitative estimate of drug-likeness (QED) is 0.829. The molecule has 1 saturated carbocycles. The molecule has 4 atom stereocenters. The molecule has 0 aromatic carbocycles. The normalized spacial score (nSPS) is 34.6. The molecule has 2 N–H and O–H groups in total. The largest absolute Gasteiger partial charge is 0.396 e. The van der Waals surface area contributed by atoms with Gasteiger partial charge in [-0.05, 0) is 56.8 Å². The van der Waals surface area contributed by atoms with Gasteiger partial charge in [0.15, 0.2) is 0 Å². The molecule has 0 amide bonds. The average Bonchev–Trinajstić information content (AvgIpc) is 2.45. The van der Waals surface area contributed by atoms with E-state index in [9.17, 15) is 9.90 Å². The molecule has 1 heterocycles. The van der Waals surface area contributed by atoms with E-state index in [1.165, 1.54) is 5.56 Å². The highest BCUT2D eigenvalue weighted by molar-refractivity contribution is 5.36. The van der Waals surface area contributed by atoms with Gasteiger partial charge in [0.2, 0.25) is 5.56 Å². The Morgan fingerprint density at radius 2 is 2.29 bits per heavy atom. The molecule has 114 valence electrons. The lowest BCUT2D eigenvalue weighted by Gasteiger charge is -2.57. The summed E-state index contributed by atoms with van der Waals surface area (Å²) in [6.45, 7) is 4.31. The van der Waals surface area contributed by atoms with Gasteiger partial charge in [-0.15, -0.1) is 6.58 Å². The number of aromatic nitrogens is 1. The maximum Gasteiger partial charge on any atom is 0.248 e. The molecule has 4 nitrogen and oxygen atoms in total. The second-order valence-corrected chi connectivity index (χ2v) is 6.75. The summed E-state index contributed by atoms with van der Waals surface area (Å²) in [4.78, 5) is 17.0. The fourth-order valence-corrected chi connectivity index (χ4v) is 4.72. The van der Waals surface area contributed by atoms with Crippen LogP contribution in [0.25, 0.3) is 0 Å². The second-order valence-electron chi connectivity index (χ2n) is 6.75. The number of H-pyrrole nitrogens is 1. The minimum Gasteiger partial charge on any atom is -0.396 e. The van der Waals surface area contributed by atoms with Crippen LogP contribution in [0.1, 0.15) is 24.1 Å². The Labute approximate surface area is 125 Å². The fraction of sp³-hybridized carbons (Fsp3) is 0.588. The Morgan fingerprint density at radius 1 is 1.52 bits per heavy atom. The number of nitrogens with zero attached hydrogens (tertiary/aromatic N) is 1. The summed E-state index contributed by atoms with van der Waals surface area (Å²) in [6, 6.07) is 3.59. The van der Waals surface area contributed by atoms with Crippen LogP contribution < -0.4 is 5.56 Å². The molecule has 2 bridgehead atoms. The summed E-state index contributed by atoms with van der Waals surface area (Å²) in [7, 11) is 4.18. The maximum absolute atomic E-state index is 11.7. The van der Waals surface area contributed by atoms with E-state index >= 15 is 0 Å². The SMILES string of the molecule is C=CC1C2Cc3[nH]c(=O)ccc3C1(N(C)C)CC(CO)C2. The molecule has 0 spiro atoms. The van der Waals surface area contributed by atoms with Crippen LogP contribution in [0, 0.1) is 17.8 Å². The third-order valence-corrected chi connectivity index (χ3v) is 5.54. The van der Waals surface area contributed by atoms with Gasteiger partial charge < -0.3 is 10.1 Å². The standard InChI is InChI=1S/C17H24N2O2/c1-4-13-12-7-11(10-20)9-17(13,19(2)3)14-5-6-16(21)18-15(14)8-12/h4-6,11-13,20H,1,7-10H2,2-3H3,(H,18,21). The van der Waals surface area contributed by atoms with Crippen LogP contribution in [0.5, 0.6) is 0 Å². The minimum absolute atomic E-state index is 0.0310. The Balaban J connectivity index is 2.23. The number of pyridine rings is 1. The number of rotatable bonds is 3. The predicted octanol–water partition coefficient (Wildman–Crippen LogP) is 1.51. The van der Waals surface area contributed by atoms with Crippen LogP contribution in [0.15, 0.2) is 29.6 Å². The monoisotopic (exact) mass is 288 g/mol. The van der Waals surface area contributed by atoms with Gasteiger partial charge in [-0.2, -0.15) is 0 Å². The molecule has 1 aromatic rings. The molecule has 2 aliphatic rings. The van der Waals surface area contributed by atoms with Crippen molar-refractivity contribution in [2.24, 2.45) is 17.8 Å². The van der Waals surface area contributed by atoms with Gasteiger partial charge in [0.25, 0.3) is 0 Å². The number of fused-ring (bicyclic) bond motifs is 4. The third-order valence-electron chi connectivity index (χ3n) is 5.54. The number of aliphatic hydroxyl groups excluding tert-OH is 1. The molecule has 0 radical (unpaired) electrons. The molecule has 4 heteroatoms. The molecule has 2 aliphatic carbocycles. The highest BCUT2D eigenvalue weighted by atomic mass is 16.3. The molecule has 1 fully saturated rings. The Morgan fingerprint density at radius 3 is 2.90 bits per heavy atom. The third kappa shape index (κ3) is 2.00. The number of aliphatic hydroxyl groups is 1. The highest BCUT2D eigenvalue weighted by Gasteiger charge is 2.53. The second kappa shape index (κ2) is 5.11. The molecule has 0 saturated heterocycles. The van der Waals surface area contributed by atoms with E-state index in [-0.39, 0.29) is 17.7 Å². The van der Waals surface area contributed by atoms with Crippen molar-refractivity contribution in [1.82, 2.24) is 9.88 Å². The first-order valence-corrected chi connectivity index (χ1v) is 7.66. The fourth-order valence-electron chi connectivity index (χ4n) is 4.72. The summed E-state index contributed by atoms with van der Waals surface area (Å²) in [5.74, 6) is 1.10. The van der Waals surface area contributed by atoms with Crippen molar-refractivity contribution in [2.75, 3.05) is 20.7 Å². The van der Waals surface area contributed by atoms with Gasteiger partial charge in [-0.25, -0.2) is 0 Å². The lowest BCUT2D eigenvalue weighted by molar-refractivity contribution is -0.0304. The summed E-state index contributed by atoms with van der Waals surface area (Å²) < 4.78 is 0. The van der Waals surface area contributed by atoms with Crippen molar-refractivity contribution in [2.45, 2.75) is 24.8 Å². The van der Waals surface area contributed by atoms with Crippen molar-refractivity contribution in [3.05, 3.63) is 46.4 Å². The van der Waals surface area contributed by atoms with Crippen molar-refractivity contribution < 1.29 is 5.11 Å². The maximum atomic E-state index is 11.7. The van der Waals surface area contributed by atoms with Crippen molar-refractivity contribution in [1.29, 1.82) is 0 Å². The number of hydrogen-bond acceptors (Lipinski definition) is 3. The minimum atomic E-state index is -0.171. The Bertz CT molecular complexity index is 607. The van der Waals surface area contributed by atoms with Crippen molar-refractivity contribution >= 4 is 0 Å². The summed E-state index contributed by atoms with van der Waals surface area (Å²) >= 11 is 0. The number of hydrogen-bond donors (Lipinski definition) is 2. The highest BCUT2D eigenvalue weighted by Crippen LogP contribution is 2.54. The summed E-state index contributed by atoms with van der Waals surface area (Å²) in [6.07, 6.45) is 4.85. The van der Waals surface area contributed by atoms with Gasteiger partial charge in [0.1, 0.15) is 0 Å². The molecule has 4 unspecified atom stereocenters. The van der Waals surface area contributed by atoms with Crippen LogP contribution in [0.4, 0.5) is 0 Å². The smallest absolute Gasteiger partial charge is 0.248 e. The van der Waals surface area contributed by atoms with E-state index in [1.807, 2.05) is 6.07 Å². The Kier molecular flexibility index (Phi) is 3.54. The first-order valence-electron chi connectivity index (χ1n) is 7.66. The first kappa shape index (κ1) is 14.5. The van der Waals surface area contributed by atoms with E-state index in [1.54, 1.807) is 6.07 Å². The number of nitrogens with one attached hydrogen (secondary N) is 1. The van der Waals surface area contributed by atoms with E-state index in [0.29, 0.717) is 17.8 Å². The van der Waals surface area contributed by atoms with Crippen LogP contribution in [0.2, 0.25) is 0 Å². The van der Waals surface area contributed by atoms with Gasteiger partial charge >= 0.3 is 0 Å². The Hall–Kier alpha value is -1.39. The van der Waals surface area contributed by atoms with Gasteiger partial charge in [-0.3, -0.25) is 9.69 Å². The molecule has 21 heavy (non-hydrogen) atoms. The zero-order valence-corrected chi connectivity index (χ0v) is 12.8. The summed E-state index contributed by atoms with van der Waals surface area (Å²) in [5.41, 5.74) is 2.06. The number of aromatic amines is 1.